The fourth-order valence-electron chi connectivity index (χ4n) is 2.05. The molecule has 0 radical (unpaired) electrons. The molecule has 2 N–H and O–H groups in total. The highest BCUT2D eigenvalue weighted by Crippen LogP contribution is 2.17. The monoisotopic (exact) mass is 330 g/mol. The average Bonchev–Trinajstić information content (AvgIpc) is 2.56. The molecule has 2 rings (SSSR count). The van der Waals surface area contributed by atoms with Crippen molar-refractivity contribution in [2.24, 2.45) is 0 Å². The maximum Gasteiger partial charge on any atom is 0.279 e. The molecule has 0 aliphatic heterocycles. The van der Waals surface area contributed by atoms with Gasteiger partial charge in [-0.1, -0.05) is 29.8 Å². The van der Waals surface area contributed by atoms with E-state index in [2.05, 4.69) is 10.9 Å². The lowest BCUT2D eigenvalue weighted by Crippen LogP contribution is -2.47. The predicted octanol–water partition coefficient (Wildman–Crippen LogP) is 2.67. The highest BCUT2D eigenvalue weighted by atomic mass is 19.1. The van der Waals surface area contributed by atoms with E-state index in [0.717, 1.165) is 11.1 Å². The van der Waals surface area contributed by atoms with Crippen LogP contribution in [0.25, 0.3) is 0 Å². The Labute approximate surface area is 139 Å². The molecule has 0 aromatic heterocycles. The van der Waals surface area contributed by atoms with Gasteiger partial charge in [-0.15, -0.1) is 0 Å². The third-order valence-electron chi connectivity index (χ3n) is 3.45. The minimum absolute atomic E-state index is 0.0268. The molecule has 2 amide bonds. The van der Waals surface area contributed by atoms with Crippen LogP contribution in [0.1, 0.15) is 28.4 Å². The average molecular weight is 330 g/mol. The quantitative estimate of drug-likeness (QED) is 0.847. The van der Waals surface area contributed by atoms with E-state index in [1.807, 2.05) is 19.1 Å². The standard InChI is InChI=1S/C18H19FN2O3/c1-11-8-9-12(2)14(10-11)18(23)21-20-17(22)13(3)24-16-7-5-4-6-15(16)19/h4-10,13H,1-3H3,(H,20,22)(H,21,23)/t13-/m1/s1. The van der Waals surface area contributed by atoms with Crippen LogP contribution in [0.5, 0.6) is 5.75 Å². The molecule has 6 heteroatoms. The summed E-state index contributed by atoms with van der Waals surface area (Å²) in [6, 6.07) is 11.2. The van der Waals surface area contributed by atoms with Crippen LogP contribution in [0.2, 0.25) is 0 Å². The summed E-state index contributed by atoms with van der Waals surface area (Å²) in [5, 5.41) is 0. The van der Waals surface area contributed by atoms with Crippen molar-refractivity contribution >= 4 is 11.8 Å². The molecule has 24 heavy (non-hydrogen) atoms. The number of halogens is 1. The Balaban J connectivity index is 1.93. The third-order valence-corrected chi connectivity index (χ3v) is 3.45. The maximum atomic E-state index is 13.5. The number of carbonyl (C=O) groups is 2. The normalized spacial score (nSPS) is 11.5. The Bertz CT molecular complexity index is 762. The highest BCUT2D eigenvalue weighted by molar-refractivity contribution is 5.97. The number of para-hydroxylation sites is 1. The molecular weight excluding hydrogens is 311 g/mol. The number of ether oxygens (including phenoxy) is 1. The Hall–Kier alpha value is -2.89. The lowest BCUT2D eigenvalue weighted by atomic mass is 10.1. The summed E-state index contributed by atoms with van der Waals surface area (Å²) in [7, 11) is 0. The van der Waals surface area contributed by atoms with Gasteiger partial charge in [-0.2, -0.15) is 0 Å². The Kier molecular flexibility index (Phi) is 5.52. The summed E-state index contributed by atoms with van der Waals surface area (Å²) in [4.78, 5) is 24.1. The van der Waals surface area contributed by atoms with Crippen LogP contribution in [0.15, 0.2) is 42.5 Å². The van der Waals surface area contributed by atoms with Gasteiger partial charge in [-0.25, -0.2) is 4.39 Å². The van der Waals surface area contributed by atoms with Crippen molar-refractivity contribution in [3.8, 4) is 5.75 Å². The largest absolute Gasteiger partial charge is 0.478 e. The summed E-state index contributed by atoms with van der Waals surface area (Å²) in [5.74, 6) is -1.60. The van der Waals surface area contributed by atoms with Crippen molar-refractivity contribution in [2.75, 3.05) is 0 Å². The first kappa shape index (κ1) is 17.5. The third kappa shape index (κ3) is 4.32. The predicted molar refractivity (Wildman–Crippen MR) is 88.0 cm³/mol. The lowest BCUT2D eigenvalue weighted by molar-refractivity contribution is -0.128. The van der Waals surface area contributed by atoms with Crippen LogP contribution in [-0.4, -0.2) is 17.9 Å². The molecule has 126 valence electrons. The van der Waals surface area contributed by atoms with Crippen molar-refractivity contribution in [1.29, 1.82) is 0 Å². The van der Waals surface area contributed by atoms with Crippen molar-refractivity contribution in [2.45, 2.75) is 26.9 Å². The zero-order chi connectivity index (χ0) is 17.7. The number of amides is 2. The number of aryl methyl sites for hydroxylation is 2. The smallest absolute Gasteiger partial charge is 0.279 e. The van der Waals surface area contributed by atoms with Gasteiger partial charge in [0.1, 0.15) is 0 Å². The zero-order valence-corrected chi connectivity index (χ0v) is 13.7. The summed E-state index contributed by atoms with van der Waals surface area (Å²) < 4.78 is 18.8. The van der Waals surface area contributed by atoms with E-state index >= 15 is 0 Å². The maximum absolute atomic E-state index is 13.5. The zero-order valence-electron chi connectivity index (χ0n) is 13.7. The molecule has 2 aromatic rings. The molecule has 0 saturated carbocycles. The van der Waals surface area contributed by atoms with E-state index in [1.54, 1.807) is 19.1 Å². The van der Waals surface area contributed by atoms with Gasteiger partial charge >= 0.3 is 0 Å². The van der Waals surface area contributed by atoms with Crippen LogP contribution in [0, 0.1) is 19.7 Å². The first-order valence-corrected chi connectivity index (χ1v) is 7.47. The van der Waals surface area contributed by atoms with Crippen LogP contribution >= 0.6 is 0 Å². The number of hydrogen-bond donors (Lipinski definition) is 2. The molecule has 0 heterocycles. The first-order valence-electron chi connectivity index (χ1n) is 7.47. The fraction of sp³-hybridized carbons (Fsp3) is 0.222. The van der Waals surface area contributed by atoms with Gasteiger partial charge < -0.3 is 4.74 Å². The first-order chi connectivity index (χ1) is 11.4. The van der Waals surface area contributed by atoms with E-state index in [9.17, 15) is 14.0 Å². The minimum Gasteiger partial charge on any atom is -0.478 e. The minimum atomic E-state index is -0.971. The SMILES string of the molecule is Cc1ccc(C)c(C(=O)NNC(=O)[C@@H](C)Oc2ccccc2F)c1. The molecule has 0 bridgehead atoms. The Morgan fingerprint density at radius 3 is 2.50 bits per heavy atom. The van der Waals surface area contributed by atoms with Gasteiger partial charge in [-0.05, 0) is 44.5 Å². The number of nitrogens with one attached hydrogen (secondary N) is 2. The molecule has 5 nitrogen and oxygen atoms in total. The van der Waals surface area contributed by atoms with E-state index in [0.29, 0.717) is 5.56 Å². The summed E-state index contributed by atoms with van der Waals surface area (Å²) >= 11 is 0. The van der Waals surface area contributed by atoms with E-state index in [-0.39, 0.29) is 5.75 Å². The van der Waals surface area contributed by atoms with Crippen molar-refractivity contribution < 1.29 is 18.7 Å². The van der Waals surface area contributed by atoms with Gasteiger partial charge in [0, 0.05) is 5.56 Å². The molecule has 0 fully saturated rings. The molecule has 0 unspecified atom stereocenters. The van der Waals surface area contributed by atoms with Gasteiger partial charge in [-0.3, -0.25) is 20.4 Å². The molecule has 0 saturated heterocycles. The number of rotatable bonds is 4. The number of hydrogen-bond acceptors (Lipinski definition) is 3. The molecule has 2 aromatic carbocycles. The second kappa shape index (κ2) is 7.59. The number of hydrazine groups is 1. The van der Waals surface area contributed by atoms with E-state index in [1.165, 1.54) is 25.1 Å². The van der Waals surface area contributed by atoms with Crippen LogP contribution in [0.3, 0.4) is 0 Å². The summed E-state index contributed by atoms with van der Waals surface area (Å²) in [6.45, 7) is 5.14. The van der Waals surface area contributed by atoms with Gasteiger partial charge in [0.05, 0.1) is 0 Å². The van der Waals surface area contributed by atoms with Gasteiger partial charge in [0.25, 0.3) is 11.8 Å². The van der Waals surface area contributed by atoms with Crippen molar-refractivity contribution in [1.82, 2.24) is 10.9 Å². The highest BCUT2D eigenvalue weighted by Gasteiger charge is 2.18. The molecule has 0 aliphatic carbocycles. The Morgan fingerprint density at radius 2 is 1.79 bits per heavy atom. The van der Waals surface area contributed by atoms with Gasteiger partial charge in [0.15, 0.2) is 17.7 Å². The number of carbonyl (C=O) groups excluding carboxylic acids is 2. The van der Waals surface area contributed by atoms with E-state index in [4.69, 9.17) is 4.74 Å². The second-order valence-corrected chi connectivity index (χ2v) is 5.45. The van der Waals surface area contributed by atoms with Crippen LogP contribution in [-0.2, 0) is 4.79 Å². The molecule has 1 atom stereocenters. The number of benzene rings is 2. The Morgan fingerprint density at radius 1 is 1.08 bits per heavy atom. The molecule has 0 aliphatic rings. The van der Waals surface area contributed by atoms with Crippen LogP contribution < -0.4 is 15.6 Å². The topological polar surface area (TPSA) is 67.4 Å². The fourth-order valence-corrected chi connectivity index (χ4v) is 2.05. The van der Waals surface area contributed by atoms with Crippen molar-refractivity contribution in [3.63, 3.8) is 0 Å². The van der Waals surface area contributed by atoms with Crippen molar-refractivity contribution in [3.05, 3.63) is 65.0 Å². The second-order valence-electron chi connectivity index (χ2n) is 5.45. The lowest BCUT2D eigenvalue weighted by Gasteiger charge is -2.16. The molecule has 0 spiro atoms. The summed E-state index contributed by atoms with van der Waals surface area (Å²) in [5.41, 5.74) is 6.82. The molecular formula is C18H19FN2O3. The van der Waals surface area contributed by atoms with E-state index < -0.39 is 23.7 Å². The summed E-state index contributed by atoms with van der Waals surface area (Å²) in [6.07, 6.45) is -0.971. The van der Waals surface area contributed by atoms with Crippen LogP contribution in [0.4, 0.5) is 4.39 Å². The van der Waals surface area contributed by atoms with Gasteiger partial charge in [0.2, 0.25) is 0 Å².